The molecule has 2 rings (SSSR count). The molecule has 0 aromatic carbocycles. The molecule has 0 amide bonds. The predicted molar refractivity (Wildman–Crippen MR) is 124 cm³/mol. The van der Waals surface area contributed by atoms with Crippen LogP contribution in [0.5, 0.6) is 0 Å². The van der Waals surface area contributed by atoms with Crippen molar-refractivity contribution in [3.8, 4) is 0 Å². The van der Waals surface area contributed by atoms with Gasteiger partial charge in [-0.2, -0.15) is 0 Å². The van der Waals surface area contributed by atoms with Crippen LogP contribution in [0.4, 0.5) is 0 Å². The van der Waals surface area contributed by atoms with Crippen molar-refractivity contribution in [3.05, 3.63) is 0 Å². The van der Waals surface area contributed by atoms with E-state index in [4.69, 9.17) is 18.9 Å². The third kappa shape index (κ3) is 8.82. The minimum absolute atomic E-state index is 0.246. The molecular formula is C24H46O11. The Morgan fingerprint density at radius 3 is 1.80 bits per heavy atom. The van der Waals surface area contributed by atoms with Crippen LogP contribution in [0.1, 0.15) is 71.6 Å². The highest BCUT2D eigenvalue weighted by molar-refractivity contribution is 4.94. The van der Waals surface area contributed by atoms with E-state index in [-0.39, 0.29) is 6.10 Å². The van der Waals surface area contributed by atoms with Crippen molar-refractivity contribution in [1.29, 1.82) is 0 Å². The van der Waals surface area contributed by atoms with Crippen LogP contribution in [0.3, 0.4) is 0 Å². The third-order valence-electron chi connectivity index (χ3n) is 6.79. The average Bonchev–Trinajstić information content (AvgIpc) is 2.85. The zero-order valence-corrected chi connectivity index (χ0v) is 20.9. The lowest BCUT2D eigenvalue weighted by atomic mass is 9.97. The minimum atomic E-state index is -1.70. The molecule has 2 fully saturated rings. The quantitative estimate of drug-likeness (QED) is 0.142. The van der Waals surface area contributed by atoms with Gasteiger partial charge in [0, 0.05) is 0 Å². The van der Waals surface area contributed by atoms with Crippen LogP contribution in [0.15, 0.2) is 0 Å². The molecule has 0 spiro atoms. The Morgan fingerprint density at radius 2 is 1.20 bits per heavy atom. The van der Waals surface area contributed by atoms with Crippen LogP contribution in [0.2, 0.25) is 0 Å². The molecule has 2 aliphatic heterocycles. The lowest BCUT2D eigenvalue weighted by Gasteiger charge is -2.46. The average molecular weight is 511 g/mol. The van der Waals surface area contributed by atoms with Gasteiger partial charge in [-0.05, 0) is 13.3 Å². The van der Waals surface area contributed by atoms with Gasteiger partial charge < -0.3 is 54.7 Å². The van der Waals surface area contributed by atoms with Crippen molar-refractivity contribution in [2.45, 2.75) is 139 Å². The topological polar surface area (TPSA) is 179 Å². The highest BCUT2D eigenvalue weighted by atomic mass is 16.7. The molecule has 11 heteroatoms. The molecule has 35 heavy (non-hydrogen) atoms. The molecule has 0 radical (unpaired) electrons. The van der Waals surface area contributed by atoms with Gasteiger partial charge in [-0.25, -0.2) is 0 Å². The fourth-order valence-corrected chi connectivity index (χ4v) is 4.53. The standard InChI is InChI=1S/C24H46O11/c1-3-4-5-6-7-8-9-10-11-14(2)32-23-21(31)19(29)22(16(13-26)34-23)35-24-20(30)18(28)17(27)15(12-25)33-24/h14-31H,3-13H2,1-2H3/t14?,15?,16?,17-,18+,19-,20?,21?,22-,23-,24-/m1/s1. The fourth-order valence-electron chi connectivity index (χ4n) is 4.53. The monoisotopic (exact) mass is 510 g/mol. The molecule has 5 unspecified atom stereocenters. The van der Waals surface area contributed by atoms with Crippen LogP contribution in [-0.2, 0) is 18.9 Å². The second kappa shape index (κ2) is 15.7. The first kappa shape index (κ1) is 30.8. The summed E-state index contributed by atoms with van der Waals surface area (Å²) in [4.78, 5) is 0. The van der Waals surface area contributed by atoms with Gasteiger partial charge in [0.25, 0.3) is 0 Å². The molecule has 11 atom stereocenters. The third-order valence-corrected chi connectivity index (χ3v) is 6.79. The number of ether oxygens (including phenoxy) is 4. The molecule has 0 saturated carbocycles. The molecule has 2 saturated heterocycles. The van der Waals surface area contributed by atoms with Gasteiger partial charge in [-0.15, -0.1) is 0 Å². The van der Waals surface area contributed by atoms with Crippen LogP contribution >= 0.6 is 0 Å². The van der Waals surface area contributed by atoms with Gasteiger partial charge in [0.15, 0.2) is 12.6 Å². The highest BCUT2D eigenvalue weighted by Gasteiger charge is 2.50. The van der Waals surface area contributed by atoms with Crippen molar-refractivity contribution in [2.24, 2.45) is 0 Å². The highest BCUT2D eigenvalue weighted by Crippen LogP contribution is 2.30. The summed E-state index contributed by atoms with van der Waals surface area (Å²) in [6, 6.07) is 0. The molecule has 0 bridgehead atoms. The van der Waals surface area contributed by atoms with E-state index in [1.54, 1.807) is 0 Å². The summed E-state index contributed by atoms with van der Waals surface area (Å²) in [5.41, 5.74) is 0. The van der Waals surface area contributed by atoms with Crippen molar-refractivity contribution in [3.63, 3.8) is 0 Å². The van der Waals surface area contributed by atoms with E-state index in [0.29, 0.717) is 0 Å². The number of hydrogen-bond donors (Lipinski definition) is 7. The van der Waals surface area contributed by atoms with Crippen LogP contribution < -0.4 is 0 Å². The Kier molecular flexibility index (Phi) is 13.8. The molecule has 7 N–H and O–H groups in total. The molecule has 2 heterocycles. The number of rotatable bonds is 15. The normalized spacial score (nSPS) is 39.0. The summed E-state index contributed by atoms with van der Waals surface area (Å²) >= 11 is 0. The Labute approximate surface area is 207 Å². The second-order valence-electron chi connectivity index (χ2n) is 9.71. The van der Waals surface area contributed by atoms with E-state index < -0.39 is 74.6 Å². The van der Waals surface area contributed by atoms with Gasteiger partial charge in [0.1, 0.15) is 48.8 Å². The van der Waals surface area contributed by atoms with Crippen molar-refractivity contribution in [2.75, 3.05) is 13.2 Å². The zero-order valence-electron chi connectivity index (χ0n) is 20.9. The Morgan fingerprint density at radius 1 is 0.657 bits per heavy atom. The number of aliphatic hydroxyl groups is 7. The molecule has 2 aliphatic rings. The SMILES string of the molecule is CCCCCCCCCCC(C)O[C@@H]1OC(CO)[C@@H](O[C@H]2OC(CO)[C@@H](O)[C@H](O)C2O)[C@H](O)C1O. The van der Waals surface area contributed by atoms with E-state index in [1.165, 1.54) is 38.5 Å². The second-order valence-corrected chi connectivity index (χ2v) is 9.71. The van der Waals surface area contributed by atoms with Crippen LogP contribution in [0, 0.1) is 0 Å². The van der Waals surface area contributed by atoms with Gasteiger partial charge in [0.2, 0.25) is 0 Å². The van der Waals surface area contributed by atoms with Crippen molar-refractivity contribution < 1.29 is 54.7 Å². The van der Waals surface area contributed by atoms with E-state index in [0.717, 1.165) is 19.3 Å². The first-order valence-electron chi connectivity index (χ1n) is 13.0. The zero-order chi connectivity index (χ0) is 26.0. The Hall–Kier alpha value is -0.440. The molecule has 0 aromatic rings. The summed E-state index contributed by atoms with van der Waals surface area (Å²) < 4.78 is 22.3. The summed E-state index contributed by atoms with van der Waals surface area (Å²) in [7, 11) is 0. The van der Waals surface area contributed by atoms with Crippen LogP contribution in [-0.4, -0.2) is 116 Å². The maximum atomic E-state index is 10.7. The van der Waals surface area contributed by atoms with Crippen molar-refractivity contribution >= 4 is 0 Å². The lowest BCUT2D eigenvalue weighted by Crippen LogP contribution is -2.64. The number of hydrogen-bond acceptors (Lipinski definition) is 11. The van der Waals surface area contributed by atoms with Crippen molar-refractivity contribution in [1.82, 2.24) is 0 Å². The summed E-state index contributed by atoms with van der Waals surface area (Å²) in [5.74, 6) is 0. The molecule has 0 aliphatic carbocycles. The largest absolute Gasteiger partial charge is 0.394 e. The first-order chi connectivity index (χ1) is 16.7. The number of unbranched alkanes of at least 4 members (excludes halogenated alkanes) is 7. The van der Waals surface area contributed by atoms with Gasteiger partial charge in [0.05, 0.1) is 19.3 Å². The molecule has 11 nitrogen and oxygen atoms in total. The fraction of sp³-hybridized carbons (Fsp3) is 1.00. The molecule has 208 valence electrons. The van der Waals surface area contributed by atoms with Gasteiger partial charge in [-0.1, -0.05) is 58.3 Å². The summed E-state index contributed by atoms with van der Waals surface area (Å²) in [5, 5.41) is 70.4. The summed E-state index contributed by atoms with van der Waals surface area (Å²) in [6.07, 6.45) is -4.40. The lowest BCUT2D eigenvalue weighted by molar-refractivity contribution is -0.362. The Bertz CT molecular complexity index is 564. The Balaban J connectivity index is 1.84. The molecular weight excluding hydrogens is 464 g/mol. The van der Waals surface area contributed by atoms with E-state index in [2.05, 4.69) is 6.92 Å². The van der Waals surface area contributed by atoms with E-state index in [1.807, 2.05) is 6.92 Å². The summed E-state index contributed by atoms with van der Waals surface area (Å²) in [6.45, 7) is 2.82. The predicted octanol–water partition coefficient (Wildman–Crippen LogP) is -0.454. The van der Waals surface area contributed by atoms with Gasteiger partial charge >= 0.3 is 0 Å². The smallest absolute Gasteiger partial charge is 0.187 e. The first-order valence-corrected chi connectivity index (χ1v) is 13.0. The maximum absolute atomic E-state index is 10.7. The maximum Gasteiger partial charge on any atom is 0.187 e. The van der Waals surface area contributed by atoms with Gasteiger partial charge in [-0.3, -0.25) is 0 Å². The van der Waals surface area contributed by atoms with E-state index >= 15 is 0 Å². The number of aliphatic hydroxyl groups excluding tert-OH is 7. The minimum Gasteiger partial charge on any atom is -0.394 e. The van der Waals surface area contributed by atoms with E-state index in [9.17, 15) is 35.7 Å². The molecule has 0 aromatic heterocycles. The van der Waals surface area contributed by atoms with Crippen LogP contribution in [0.25, 0.3) is 0 Å².